The minimum atomic E-state index is -0.742. The van der Waals surface area contributed by atoms with Gasteiger partial charge in [0.15, 0.2) is 5.79 Å². The van der Waals surface area contributed by atoms with Crippen molar-refractivity contribution in [3.63, 3.8) is 0 Å². The molecule has 2 atom stereocenters. The number of methoxy groups -OCH3 is 1. The summed E-state index contributed by atoms with van der Waals surface area (Å²) < 4.78 is 12.8. The third kappa shape index (κ3) is 2.80. The lowest BCUT2D eigenvalue weighted by atomic mass is 9.82. The molecular weight excluding hydrogens is 320 g/mol. The largest absolute Gasteiger partial charge is 0.351 e. The number of ether oxygens (including phenoxy) is 2. The van der Waals surface area contributed by atoms with Crippen molar-refractivity contribution in [1.29, 1.82) is 0 Å². The van der Waals surface area contributed by atoms with Gasteiger partial charge in [-0.15, -0.1) is 0 Å². The molecular formula is C24H28O2. The van der Waals surface area contributed by atoms with E-state index in [4.69, 9.17) is 9.47 Å². The summed E-state index contributed by atoms with van der Waals surface area (Å²) in [6, 6.07) is 21.5. The Kier molecular flexibility index (Phi) is 5.15. The highest BCUT2D eigenvalue weighted by molar-refractivity contribution is 5.53. The fraction of sp³-hybridized carbons (Fsp3) is 0.417. The molecule has 0 amide bonds. The van der Waals surface area contributed by atoms with Crippen molar-refractivity contribution in [2.75, 3.05) is 13.7 Å². The topological polar surface area (TPSA) is 18.5 Å². The smallest absolute Gasteiger partial charge is 0.189 e. The first-order valence-electron chi connectivity index (χ1n) is 9.86. The number of rotatable bonds is 6. The summed E-state index contributed by atoms with van der Waals surface area (Å²) in [6.45, 7) is 2.85. The standard InChI is InChI=1S/C24H28O2/c1-3-17-26-24(25-2)22(18-11-6-4-7-12-18)20-15-10-16-21(20)23(24)19-13-8-5-9-14-19/h4-9,11-14,20-21H,3,10,15-17H2,1-2H3. The van der Waals surface area contributed by atoms with E-state index >= 15 is 0 Å². The third-order valence-corrected chi connectivity index (χ3v) is 5.93. The molecule has 0 saturated heterocycles. The molecule has 0 bridgehead atoms. The number of hydrogen-bond acceptors (Lipinski definition) is 2. The highest BCUT2D eigenvalue weighted by atomic mass is 16.7. The van der Waals surface area contributed by atoms with Crippen LogP contribution in [-0.4, -0.2) is 19.5 Å². The Morgan fingerprint density at radius 1 is 0.846 bits per heavy atom. The zero-order valence-electron chi connectivity index (χ0n) is 15.8. The summed E-state index contributed by atoms with van der Waals surface area (Å²) in [6.07, 6.45) is 4.68. The van der Waals surface area contributed by atoms with Crippen LogP contribution >= 0.6 is 0 Å². The number of benzene rings is 2. The van der Waals surface area contributed by atoms with E-state index in [1.165, 1.54) is 42.2 Å². The normalized spacial score (nSPS) is 29.2. The van der Waals surface area contributed by atoms with Crippen molar-refractivity contribution < 1.29 is 9.47 Å². The van der Waals surface area contributed by atoms with Gasteiger partial charge in [-0.25, -0.2) is 0 Å². The van der Waals surface area contributed by atoms with E-state index in [0.29, 0.717) is 18.4 Å². The lowest BCUT2D eigenvalue weighted by Gasteiger charge is -2.40. The molecule has 26 heavy (non-hydrogen) atoms. The van der Waals surface area contributed by atoms with Gasteiger partial charge in [0.25, 0.3) is 0 Å². The molecule has 2 aromatic carbocycles. The van der Waals surface area contributed by atoms with Crippen molar-refractivity contribution in [1.82, 2.24) is 0 Å². The zero-order chi connectivity index (χ0) is 18.0. The van der Waals surface area contributed by atoms with E-state index in [-0.39, 0.29) is 0 Å². The van der Waals surface area contributed by atoms with Crippen LogP contribution in [0.2, 0.25) is 0 Å². The fourth-order valence-electron chi connectivity index (χ4n) is 5.01. The summed E-state index contributed by atoms with van der Waals surface area (Å²) in [5, 5.41) is 0. The fourth-order valence-corrected chi connectivity index (χ4v) is 5.01. The minimum Gasteiger partial charge on any atom is -0.351 e. The first-order valence-corrected chi connectivity index (χ1v) is 9.86. The molecule has 0 aromatic heterocycles. The molecule has 2 heteroatoms. The molecule has 0 heterocycles. The zero-order valence-corrected chi connectivity index (χ0v) is 15.8. The lowest BCUT2D eigenvalue weighted by molar-refractivity contribution is -0.189. The van der Waals surface area contributed by atoms with Crippen molar-refractivity contribution in [2.45, 2.75) is 38.4 Å². The molecule has 2 aromatic rings. The predicted molar refractivity (Wildman–Crippen MR) is 104 cm³/mol. The summed E-state index contributed by atoms with van der Waals surface area (Å²) in [7, 11) is 1.81. The van der Waals surface area contributed by atoms with Gasteiger partial charge in [0.05, 0.1) is 11.8 Å². The van der Waals surface area contributed by atoms with Crippen LogP contribution in [0.1, 0.15) is 43.7 Å². The quantitative estimate of drug-likeness (QED) is 0.648. The molecule has 2 fully saturated rings. The van der Waals surface area contributed by atoms with Gasteiger partial charge in [0.2, 0.25) is 0 Å². The molecule has 2 saturated carbocycles. The van der Waals surface area contributed by atoms with E-state index in [9.17, 15) is 0 Å². The molecule has 0 N–H and O–H groups in total. The van der Waals surface area contributed by atoms with Crippen LogP contribution in [0.4, 0.5) is 0 Å². The highest BCUT2D eigenvalue weighted by Gasteiger charge is 2.64. The summed E-state index contributed by atoms with van der Waals surface area (Å²) in [5.74, 6) is 2.92. The average molecular weight is 348 g/mol. The van der Waals surface area contributed by atoms with Gasteiger partial charge in [-0.05, 0) is 42.2 Å². The summed E-state index contributed by atoms with van der Waals surface area (Å²) in [5.41, 5.74) is 2.52. The van der Waals surface area contributed by atoms with Crippen LogP contribution in [0.25, 0.3) is 0 Å². The summed E-state index contributed by atoms with van der Waals surface area (Å²) in [4.78, 5) is 0. The van der Waals surface area contributed by atoms with E-state index < -0.39 is 5.79 Å². The van der Waals surface area contributed by atoms with Crippen LogP contribution in [0.5, 0.6) is 0 Å². The maximum Gasteiger partial charge on any atom is 0.189 e. The monoisotopic (exact) mass is 348 g/mol. The van der Waals surface area contributed by atoms with E-state index in [1.807, 2.05) is 7.11 Å². The Hall–Kier alpha value is -1.64. The van der Waals surface area contributed by atoms with Gasteiger partial charge in [0.1, 0.15) is 0 Å². The molecule has 0 aliphatic heterocycles. The first kappa shape index (κ1) is 17.8. The number of hydrogen-bond donors (Lipinski definition) is 0. The van der Waals surface area contributed by atoms with Crippen molar-refractivity contribution in [3.05, 3.63) is 83.6 Å². The molecule has 0 spiro atoms. The van der Waals surface area contributed by atoms with E-state index in [2.05, 4.69) is 67.6 Å². The second-order valence-electron chi connectivity index (χ2n) is 7.37. The third-order valence-electron chi connectivity index (χ3n) is 5.93. The maximum atomic E-state index is 6.56. The average Bonchev–Trinajstić information content (AvgIpc) is 3.25. The Morgan fingerprint density at radius 2 is 1.35 bits per heavy atom. The number of fused-ring (bicyclic) bond motifs is 1. The Morgan fingerprint density at radius 3 is 1.77 bits per heavy atom. The van der Waals surface area contributed by atoms with E-state index in [1.54, 1.807) is 0 Å². The minimum absolute atomic E-state index is 0.504. The Labute approximate surface area is 157 Å². The molecule has 2 aliphatic carbocycles. The first-order chi connectivity index (χ1) is 12.8. The van der Waals surface area contributed by atoms with Crippen LogP contribution in [0, 0.1) is 23.7 Å². The Balaban J connectivity index is 1.86. The van der Waals surface area contributed by atoms with Gasteiger partial charge in [-0.2, -0.15) is 0 Å². The second-order valence-corrected chi connectivity index (χ2v) is 7.37. The van der Waals surface area contributed by atoms with Crippen molar-refractivity contribution in [2.24, 2.45) is 11.8 Å². The molecule has 2 nitrogen and oxygen atoms in total. The van der Waals surface area contributed by atoms with Gasteiger partial charge < -0.3 is 9.47 Å². The van der Waals surface area contributed by atoms with Crippen LogP contribution in [0.15, 0.2) is 60.7 Å². The SMILES string of the molecule is CCCOC1(OC)[C](c2ccccc2)C2CCCC2[C]1c1ccccc1. The second kappa shape index (κ2) is 7.54. The molecule has 2 unspecified atom stereocenters. The molecule has 4 rings (SSSR count). The lowest BCUT2D eigenvalue weighted by Crippen LogP contribution is -2.45. The van der Waals surface area contributed by atoms with Gasteiger partial charge in [0, 0.05) is 13.7 Å². The van der Waals surface area contributed by atoms with Crippen LogP contribution in [0.3, 0.4) is 0 Å². The van der Waals surface area contributed by atoms with Crippen molar-refractivity contribution in [3.8, 4) is 0 Å². The van der Waals surface area contributed by atoms with Crippen LogP contribution < -0.4 is 0 Å². The Bertz CT molecular complexity index is 643. The van der Waals surface area contributed by atoms with Gasteiger partial charge >= 0.3 is 0 Å². The maximum absolute atomic E-state index is 6.56. The molecule has 2 radical (unpaired) electrons. The molecule has 136 valence electrons. The van der Waals surface area contributed by atoms with Gasteiger partial charge in [-0.1, -0.05) is 74.0 Å². The van der Waals surface area contributed by atoms with E-state index in [0.717, 1.165) is 6.42 Å². The van der Waals surface area contributed by atoms with Crippen LogP contribution in [-0.2, 0) is 9.47 Å². The highest BCUT2D eigenvalue weighted by Crippen LogP contribution is 2.63. The van der Waals surface area contributed by atoms with Gasteiger partial charge in [-0.3, -0.25) is 0 Å². The van der Waals surface area contributed by atoms with Crippen molar-refractivity contribution >= 4 is 0 Å². The molecule has 2 aliphatic rings. The summed E-state index contributed by atoms with van der Waals surface area (Å²) >= 11 is 0. The predicted octanol–water partition coefficient (Wildman–Crippen LogP) is 5.43.